The highest BCUT2D eigenvalue weighted by Gasteiger charge is 2.37. The first-order chi connectivity index (χ1) is 8.41. The summed E-state index contributed by atoms with van der Waals surface area (Å²) >= 11 is 0. The molecule has 18 heavy (non-hydrogen) atoms. The number of nitrogens with one attached hydrogen (secondary N) is 1. The van der Waals surface area contributed by atoms with Gasteiger partial charge in [0.05, 0.1) is 12.1 Å². The molecule has 1 aromatic rings. The Morgan fingerprint density at radius 2 is 1.94 bits per heavy atom. The Morgan fingerprint density at radius 1 is 1.33 bits per heavy atom. The molecular formula is C15H22N2O. The lowest BCUT2D eigenvalue weighted by Gasteiger charge is -2.45. The summed E-state index contributed by atoms with van der Waals surface area (Å²) in [6.45, 7) is 9.06. The molecule has 3 heteroatoms. The highest BCUT2D eigenvalue weighted by atomic mass is 16.2. The highest BCUT2D eigenvalue weighted by Crippen LogP contribution is 2.26. The van der Waals surface area contributed by atoms with Crippen LogP contribution in [-0.2, 0) is 4.79 Å². The van der Waals surface area contributed by atoms with E-state index in [1.54, 1.807) is 0 Å². The molecule has 1 aromatic carbocycles. The van der Waals surface area contributed by atoms with Gasteiger partial charge in [-0.1, -0.05) is 30.3 Å². The van der Waals surface area contributed by atoms with E-state index in [2.05, 4.69) is 38.2 Å². The Labute approximate surface area is 109 Å². The fourth-order valence-electron chi connectivity index (χ4n) is 2.69. The van der Waals surface area contributed by atoms with Crippen LogP contribution in [0.3, 0.4) is 0 Å². The summed E-state index contributed by atoms with van der Waals surface area (Å²) in [5, 5.41) is 3.35. The van der Waals surface area contributed by atoms with E-state index in [9.17, 15) is 4.79 Å². The van der Waals surface area contributed by atoms with E-state index in [0.29, 0.717) is 0 Å². The van der Waals surface area contributed by atoms with Crippen LogP contribution in [0.15, 0.2) is 30.3 Å². The molecule has 2 atom stereocenters. The first-order valence-electron chi connectivity index (χ1n) is 6.54. The molecule has 1 heterocycles. The first-order valence-corrected chi connectivity index (χ1v) is 6.54. The molecule has 1 fully saturated rings. The predicted octanol–water partition coefficient (Wildman–Crippen LogP) is 2.35. The summed E-state index contributed by atoms with van der Waals surface area (Å²) in [5.74, 6) is 0.186. The van der Waals surface area contributed by atoms with Crippen molar-refractivity contribution in [2.24, 2.45) is 0 Å². The quantitative estimate of drug-likeness (QED) is 0.868. The van der Waals surface area contributed by atoms with Gasteiger partial charge in [-0.3, -0.25) is 10.1 Å². The minimum atomic E-state index is -0.111. The summed E-state index contributed by atoms with van der Waals surface area (Å²) in [6, 6.07) is 10.2. The number of carbonyl (C=O) groups is 1. The van der Waals surface area contributed by atoms with Crippen molar-refractivity contribution < 1.29 is 4.79 Å². The maximum Gasteiger partial charge on any atom is 0.240 e. The third-order valence-corrected chi connectivity index (χ3v) is 3.58. The SMILES string of the molecule is CC1NC(C)(C)CN(C(C)c2ccccc2)C1=O. The minimum Gasteiger partial charge on any atom is -0.333 e. The Balaban J connectivity index is 2.23. The van der Waals surface area contributed by atoms with E-state index in [0.717, 1.165) is 6.54 Å². The molecule has 0 spiro atoms. The third-order valence-electron chi connectivity index (χ3n) is 3.58. The third kappa shape index (κ3) is 2.56. The number of piperazine rings is 1. The van der Waals surface area contributed by atoms with Crippen molar-refractivity contribution in [1.29, 1.82) is 0 Å². The van der Waals surface area contributed by atoms with Crippen LogP contribution >= 0.6 is 0 Å². The molecule has 0 radical (unpaired) electrons. The molecule has 1 saturated heterocycles. The number of nitrogens with zero attached hydrogens (tertiary/aromatic N) is 1. The van der Waals surface area contributed by atoms with Gasteiger partial charge in [-0.15, -0.1) is 0 Å². The van der Waals surface area contributed by atoms with E-state index in [4.69, 9.17) is 0 Å². The van der Waals surface area contributed by atoms with Crippen LogP contribution in [0, 0.1) is 0 Å². The molecule has 0 bridgehead atoms. The van der Waals surface area contributed by atoms with Crippen molar-refractivity contribution in [2.75, 3.05) is 6.54 Å². The molecule has 1 amide bonds. The summed E-state index contributed by atoms with van der Waals surface area (Å²) in [4.78, 5) is 14.3. The van der Waals surface area contributed by atoms with Gasteiger partial charge >= 0.3 is 0 Å². The molecule has 2 rings (SSSR count). The van der Waals surface area contributed by atoms with E-state index >= 15 is 0 Å². The number of hydrogen-bond donors (Lipinski definition) is 1. The van der Waals surface area contributed by atoms with Crippen molar-refractivity contribution in [3.63, 3.8) is 0 Å². The lowest BCUT2D eigenvalue weighted by molar-refractivity contribution is -0.140. The largest absolute Gasteiger partial charge is 0.333 e. The van der Waals surface area contributed by atoms with Gasteiger partial charge < -0.3 is 4.90 Å². The Bertz CT molecular complexity index is 427. The first kappa shape index (κ1) is 13.1. The van der Waals surface area contributed by atoms with Crippen LogP contribution in [0.1, 0.15) is 39.3 Å². The van der Waals surface area contributed by atoms with Crippen LogP contribution in [0.5, 0.6) is 0 Å². The molecule has 98 valence electrons. The molecule has 1 aliphatic heterocycles. The van der Waals surface area contributed by atoms with E-state index in [1.165, 1.54) is 5.56 Å². The summed E-state index contributed by atoms with van der Waals surface area (Å²) < 4.78 is 0. The van der Waals surface area contributed by atoms with Crippen molar-refractivity contribution in [2.45, 2.75) is 45.3 Å². The molecular weight excluding hydrogens is 224 g/mol. The Kier molecular flexibility index (Phi) is 3.44. The molecule has 0 aliphatic carbocycles. The van der Waals surface area contributed by atoms with E-state index in [1.807, 2.05) is 30.0 Å². The maximum absolute atomic E-state index is 12.3. The van der Waals surface area contributed by atoms with Crippen molar-refractivity contribution >= 4 is 5.91 Å². The van der Waals surface area contributed by atoms with Gasteiger partial charge in [0, 0.05) is 12.1 Å². The van der Waals surface area contributed by atoms with Gasteiger partial charge in [0.25, 0.3) is 0 Å². The Morgan fingerprint density at radius 3 is 2.56 bits per heavy atom. The van der Waals surface area contributed by atoms with Gasteiger partial charge in [0.2, 0.25) is 5.91 Å². The second-order valence-electron chi connectivity index (χ2n) is 5.80. The summed E-state index contributed by atoms with van der Waals surface area (Å²) in [5.41, 5.74) is 1.16. The molecule has 2 unspecified atom stereocenters. The molecule has 1 aliphatic rings. The minimum absolute atomic E-state index is 0.0314. The van der Waals surface area contributed by atoms with Gasteiger partial charge in [-0.2, -0.15) is 0 Å². The smallest absolute Gasteiger partial charge is 0.240 e. The zero-order chi connectivity index (χ0) is 13.3. The van der Waals surface area contributed by atoms with Crippen molar-refractivity contribution in [3.8, 4) is 0 Å². The second-order valence-corrected chi connectivity index (χ2v) is 5.80. The molecule has 3 nitrogen and oxygen atoms in total. The zero-order valence-corrected chi connectivity index (χ0v) is 11.6. The van der Waals surface area contributed by atoms with Crippen LogP contribution < -0.4 is 5.32 Å². The van der Waals surface area contributed by atoms with Crippen LogP contribution in [0.25, 0.3) is 0 Å². The van der Waals surface area contributed by atoms with Gasteiger partial charge in [-0.25, -0.2) is 0 Å². The van der Waals surface area contributed by atoms with Gasteiger partial charge in [0.1, 0.15) is 0 Å². The maximum atomic E-state index is 12.3. The lowest BCUT2D eigenvalue weighted by Crippen LogP contribution is -2.64. The highest BCUT2D eigenvalue weighted by molar-refractivity contribution is 5.83. The summed E-state index contributed by atoms with van der Waals surface area (Å²) in [7, 11) is 0. The fourth-order valence-corrected chi connectivity index (χ4v) is 2.69. The van der Waals surface area contributed by atoms with Crippen molar-refractivity contribution in [3.05, 3.63) is 35.9 Å². The normalized spacial score (nSPS) is 25.0. The summed E-state index contributed by atoms with van der Waals surface area (Å²) in [6.07, 6.45) is 0. The van der Waals surface area contributed by atoms with Crippen LogP contribution in [-0.4, -0.2) is 28.9 Å². The topological polar surface area (TPSA) is 32.3 Å². The van der Waals surface area contributed by atoms with Gasteiger partial charge in [-0.05, 0) is 33.3 Å². The van der Waals surface area contributed by atoms with Crippen LogP contribution in [0.4, 0.5) is 0 Å². The van der Waals surface area contributed by atoms with E-state index in [-0.39, 0.29) is 23.5 Å². The number of rotatable bonds is 2. The average Bonchev–Trinajstić information content (AvgIpc) is 2.33. The standard InChI is InChI=1S/C15H22N2O/c1-11-14(18)17(10-15(3,4)16-11)12(2)13-8-6-5-7-9-13/h5-9,11-12,16H,10H2,1-4H3. The monoisotopic (exact) mass is 246 g/mol. The average molecular weight is 246 g/mol. The number of benzene rings is 1. The fraction of sp³-hybridized carbons (Fsp3) is 0.533. The number of amides is 1. The van der Waals surface area contributed by atoms with Gasteiger partial charge in [0.15, 0.2) is 0 Å². The zero-order valence-electron chi connectivity index (χ0n) is 11.6. The van der Waals surface area contributed by atoms with E-state index < -0.39 is 0 Å². The Hall–Kier alpha value is -1.35. The van der Waals surface area contributed by atoms with Crippen molar-refractivity contribution in [1.82, 2.24) is 10.2 Å². The second kappa shape index (κ2) is 4.73. The van der Waals surface area contributed by atoms with Crippen LogP contribution in [0.2, 0.25) is 0 Å². The molecule has 1 N–H and O–H groups in total. The predicted molar refractivity (Wildman–Crippen MR) is 73.2 cm³/mol. The molecule has 0 saturated carbocycles. The number of carbonyl (C=O) groups excluding carboxylic acids is 1. The number of hydrogen-bond acceptors (Lipinski definition) is 2. The molecule has 0 aromatic heterocycles. The lowest BCUT2D eigenvalue weighted by atomic mass is 9.95.